The van der Waals surface area contributed by atoms with Crippen molar-refractivity contribution in [3.63, 3.8) is 0 Å². The van der Waals surface area contributed by atoms with Crippen LogP contribution < -0.4 is 5.32 Å². The number of benzene rings is 3. The van der Waals surface area contributed by atoms with Gasteiger partial charge < -0.3 is 14.4 Å². The molecule has 0 aliphatic heterocycles. The van der Waals surface area contributed by atoms with Crippen molar-refractivity contribution in [3.8, 4) is 0 Å². The number of hydrogen-bond donors (Lipinski definition) is 2. The summed E-state index contributed by atoms with van der Waals surface area (Å²) in [4.78, 5) is 36.6. The van der Waals surface area contributed by atoms with E-state index in [-0.39, 0.29) is 32.6 Å². The van der Waals surface area contributed by atoms with Gasteiger partial charge in [0.15, 0.2) is 6.10 Å². The van der Waals surface area contributed by atoms with Crippen molar-refractivity contribution in [1.29, 1.82) is 0 Å². The Labute approximate surface area is 423 Å². The minimum atomic E-state index is -4.63. The number of esters is 2. The Morgan fingerprint density at radius 1 is 0.529 bits per heavy atom. The van der Waals surface area contributed by atoms with Crippen molar-refractivity contribution in [2.75, 3.05) is 26.4 Å². The summed E-state index contributed by atoms with van der Waals surface area (Å²) in [6, 6.07) is 30.1. The summed E-state index contributed by atoms with van der Waals surface area (Å²) < 4.78 is 35.4. The molecule has 0 aliphatic carbocycles. The second-order valence-electron chi connectivity index (χ2n) is 18.1. The van der Waals surface area contributed by atoms with Gasteiger partial charge in [-0.1, -0.05) is 243 Å². The van der Waals surface area contributed by atoms with Crippen LogP contribution in [0.5, 0.6) is 0 Å². The molecule has 0 bridgehead atoms. The topological polar surface area (TPSA) is 120 Å². The standard InChI is InChI=1S/C60H88NO8P/c1-3-5-7-9-11-13-15-17-18-19-20-22-24-26-28-30-41-49-59(63)69-57(52-66-58(62)48-40-29-27-25-23-21-16-14-12-10-8-6-4-2)53-68-70(64,65)67-51-50-61-60(54-42-34-31-35-43-54,55-44-36-32-37-45-55)56-46-38-33-39-47-56/h11,13,17-18,20,22,26,28,31-39,42-47,57,61H,3-10,12,14-16,19,21,23-25,27,29-30,40-41,48-53H2,1-2H3,(H,64,65)/t57-/m1/s1. The third-order valence-electron chi connectivity index (χ3n) is 12.2. The molecular formula is C60H88NO8P. The van der Waals surface area contributed by atoms with E-state index in [1.165, 1.54) is 77.0 Å². The van der Waals surface area contributed by atoms with Crippen LogP contribution in [0.1, 0.15) is 185 Å². The summed E-state index contributed by atoms with van der Waals surface area (Å²) in [5.41, 5.74) is 2.17. The number of ether oxygens (including phenoxy) is 2. The van der Waals surface area contributed by atoms with Crippen LogP contribution in [0, 0.1) is 0 Å². The van der Waals surface area contributed by atoms with Crippen LogP contribution in [0.2, 0.25) is 0 Å². The lowest BCUT2D eigenvalue weighted by atomic mass is 9.77. The Balaban J connectivity index is 1.48. The molecule has 1 unspecified atom stereocenters. The van der Waals surface area contributed by atoms with Gasteiger partial charge in [-0.3, -0.25) is 24.0 Å². The zero-order valence-corrected chi connectivity index (χ0v) is 43.8. The monoisotopic (exact) mass is 982 g/mol. The number of rotatable bonds is 42. The van der Waals surface area contributed by atoms with E-state index in [1.807, 2.05) is 97.1 Å². The van der Waals surface area contributed by atoms with Gasteiger partial charge in [0.1, 0.15) is 6.61 Å². The molecule has 3 aromatic rings. The largest absolute Gasteiger partial charge is 0.472 e. The summed E-state index contributed by atoms with van der Waals surface area (Å²) in [7, 11) is -4.63. The van der Waals surface area contributed by atoms with Crippen molar-refractivity contribution in [2.45, 2.75) is 180 Å². The molecule has 0 heterocycles. The molecular weight excluding hydrogens is 894 g/mol. The molecule has 0 amide bonds. The molecule has 70 heavy (non-hydrogen) atoms. The molecule has 9 nitrogen and oxygen atoms in total. The Hall–Kier alpha value is -4.37. The van der Waals surface area contributed by atoms with E-state index in [2.05, 4.69) is 61.7 Å². The summed E-state index contributed by atoms with van der Waals surface area (Å²) in [6.07, 6.45) is 41.2. The van der Waals surface area contributed by atoms with Crippen molar-refractivity contribution in [1.82, 2.24) is 5.32 Å². The van der Waals surface area contributed by atoms with Crippen molar-refractivity contribution >= 4 is 19.8 Å². The van der Waals surface area contributed by atoms with E-state index in [0.29, 0.717) is 19.3 Å². The van der Waals surface area contributed by atoms with Gasteiger partial charge in [0.05, 0.1) is 18.8 Å². The smallest absolute Gasteiger partial charge is 0.462 e. The number of carbonyl (C=O) groups excluding carboxylic acids is 2. The molecule has 0 aliphatic rings. The molecule has 10 heteroatoms. The Morgan fingerprint density at radius 3 is 1.43 bits per heavy atom. The Morgan fingerprint density at radius 2 is 0.943 bits per heavy atom. The summed E-state index contributed by atoms with van der Waals surface area (Å²) in [5.74, 6) is -0.910. The van der Waals surface area contributed by atoms with Crippen molar-refractivity contribution in [2.24, 2.45) is 0 Å². The quantitative estimate of drug-likeness (QED) is 0.0188. The van der Waals surface area contributed by atoms with Gasteiger partial charge in [0, 0.05) is 19.4 Å². The lowest BCUT2D eigenvalue weighted by Gasteiger charge is -2.37. The van der Waals surface area contributed by atoms with E-state index in [0.717, 1.165) is 61.6 Å². The number of nitrogens with one attached hydrogen (secondary N) is 1. The summed E-state index contributed by atoms with van der Waals surface area (Å²) >= 11 is 0. The molecule has 0 fully saturated rings. The predicted octanol–water partition coefficient (Wildman–Crippen LogP) is 15.8. The van der Waals surface area contributed by atoms with E-state index < -0.39 is 38.0 Å². The van der Waals surface area contributed by atoms with Crippen LogP contribution in [0.4, 0.5) is 0 Å². The number of phosphoric ester groups is 1. The Kier molecular flexibility index (Phi) is 33.6. The predicted molar refractivity (Wildman–Crippen MR) is 288 cm³/mol. The molecule has 2 atom stereocenters. The Bertz CT molecular complexity index is 1840. The molecule has 0 aromatic heterocycles. The number of hydrogen-bond acceptors (Lipinski definition) is 8. The van der Waals surface area contributed by atoms with Gasteiger partial charge in [0.25, 0.3) is 0 Å². The van der Waals surface area contributed by atoms with Crippen LogP contribution in [0.3, 0.4) is 0 Å². The third-order valence-corrected chi connectivity index (χ3v) is 13.2. The molecule has 0 spiro atoms. The van der Waals surface area contributed by atoms with Gasteiger partial charge in [-0.25, -0.2) is 4.57 Å². The summed E-state index contributed by atoms with van der Waals surface area (Å²) in [5, 5.41) is 3.63. The minimum absolute atomic E-state index is 0.131. The number of unbranched alkanes of at least 4 members (excludes halogenated alkanes) is 16. The normalized spacial score (nSPS) is 13.4. The molecule has 2 N–H and O–H groups in total. The highest BCUT2D eigenvalue weighted by Gasteiger charge is 2.36. The minimum Gasteiger partial charge on any atom is -0.462 e. The maximum absolute atomic E-state index is 13.3. The van der Waals surface area contributed by atoms with Crippen LogP contribution in [0.25, 0.3) is 0 Å². The van der Waals surface area contributed by atoms with Crippen molar-refractivity contribution < 1.29 is 37.6 Å². The zero-order chi connectivity index (χ0) is 50.1. The molecule has 3 aromatic carbocycles. The highest BCUT2D eigenvalue weighted by Crippen LogP contribution is 2.43. The maximum Gasteiger partial charge on any atom is 0.472 e. The van der Waals surface area contributed by atoms with E-state index in [4.69, 9.17) is 18.5 Å². The highest BCUT2D eigenvalue weighted by atomic mass is 31.2. The van der Waals surface area contributed by atoms with Crippen LogP contribution in [0.15, 0.2) is 140 Å². The molecule has 0 saturated heterocycles. The van der Waals surface area contributed by atoms with Crippen LogP contribution >= 0.6 is 7.82 Å². The lowest BCUT2D eigenvalue weighted by molar-refractivity contribution is -0.161. The van der Waals surface area contributed by atoms with Gasteiger partial charge in [-0.15, -0.1) is 0 Å². The lowest BCUT2D eigenvalue weighted by Crippen LogP contribution is -2.46. The number of carbonyl (C=O) groups is 2. The first-order valence-electron chi connectivity index (χ1n) is 26.8. The number of allylic oxidation sites excluding steroid dienone is 8. The molecule has 0 radical (unpaired) electrons. The second kappa shape index (κ2) is 39.3. The average molecular weight is 982 g/mol. The van der Waals surface area contributed by atoms with Gasteiger partial charge >= 0.3 is 19.8 Å². The van der Waals surface area contributed by atoms with Gasteiger partial charge in [0.2, 0.25) is 0 Å². The number of phosphoric acid groups is 1. The molecule has 386 valence electrons. The zero-order valence-electron chi connectivity index (χ0n) is 42.9. The van der Waals surface area contributed by atoms with E-state index in [9.17, 15) is 19.0 Å². The first-order valence-corrected chi connectivity index (χ1v) is 28.3. The fourth-order valence-corrected chi connectivity index (χ4v) is 9.07. The van der Waals surface area contributed by atoms with E-state index in [1.54, 1.807) is 0 Å². The molecule has 0 saturated carbocycles. The fourth-order valence-electron chi connectivity index (χ4n) is 8.32. The van der Waals surface area contributed by atoms with Gasteiger partial charge in [-0.05, 0) is 68.1 Å². The van der Waals surface area contributed by atoms with Crippen molar-refractivity contribution in [3.05, 3.63) is 156 Å². The molecule has 3 rings (SSSR count). The van der Waals surface area contributed by atoms with Gasteiger partial charge in [-0.2, -0.15) is 0 Å². The van der Waals surface area contributed by atoms with E-state index >= 15 is 0 Å². The average Bonchev–Trinajstić information content (AvgIpc) is 3.38. The second-order valence-corrected chi connectivity index (χ2v) is 19.6. The SMILES string of the molecule is CCCCCC=CCC=CCC=CCC=CCCCC(=O)O[C@H](COC(=O)CCCCCCCCCCCCCCC)COP(=O)(O)OCCNC(c1ccccc1)(c1ccccc1)c1ccccc1. The fraction of sp³-hybridized carbons (Fsp3) is 0.533. The highest BCUT2D eigenvalue weighted by molar-refractivity contribution is 7.47. The van der Waals surface area contributed by atoms with Crippen LogP contribution in [-0.4, -0.2) is 49.3 Å². The third kappa shape index (κ3) is 27.3. The first kappa shape index (κ1) is 59.9. The first-order chi connectivity index (χ1) is 34.3. The summed E-state index contributed by atoms with van der Waals surface area (Å²) in [6.45, 7) is 3.70. The maximum atomic E-state index is 13.3. The van der Waals surface area contributed by atoms with Crippen LogP contribution in [-0.2, 0) is 38.2 Å².